The quantitative estimate of drug-likeness (QED) is 0.703. The number of nitrogens with zero attached hydrogens (tertiary/aromatic N) is 1. The molecule has 2 aromatic rings. The number of nitrogens with one attached hydrogen (secondary N) is 1. The summed E-state index contributed by atoms with van der Waals surface area (Å²) >= 11 is 0. The Hall–Kier alpha value is -1.91. The molecule has 1 saturated carbocycles. The maximum absolute atomic E-state index is 5.80. The van der Waals surface area contributed by atoms with E-state index in [0.29, 0.717) is 17.8 Å². The number of nitrogen functional groups attached to an aromatic ring is 1. The zero-order chi connectivity index (χ0) is 18.2. The molecule has 140 valence electrons. The van der Waals surface area contributed by atoms with E-state index in [0.717, 1.165) is 37.4 Å². The van der Waals surface area contributed by atoms with E-state index in [2.05, 4.69) is 34.6 Å². The Morgan fingerprint density at radius 3 is 2.69 bits per heavy atom. The monoisotopic (exact) mass is 353 g/mol. The Kier molecular flexibility index (Phi) is 7.04. The fourth-order valence-corrected chi connectivity index (χ4v) is 3.91. The highest BCUT2D eigenvalue weighted by Gasteiger charge is 2.24. The predicted molar refractivity (Wildman–Crippen MR) is 108 cm³/mol. The SMILES string of the molecule is CCOCCNC1CCCCC1Cc1ccc(-c2cccc(N)n2)cc1. The van der Waals surface area contributed by atoms with Crippen LogP contribution in [-0.2, 0) is 11.2 Å². The highest BCUT2D eigenvalue weighted by molar-refractivity contribution is 5.61. The van der Waals surface area contributed by atoms with Crippen molar-refractivity contribution in [2.24, 2.45) is 5.92 Å². The van der Waals surface area contributed by atoms with Crippen molar-refractivity contribution in [1.29, 1.82) is 0 Å². The summed E-state index contributed by atoms with van der Waals surface area (Å²) in [6.07, 6.45) is 6.41. The van der Waals surface area contributed by atoms with Gasteiger partial charge in [-0.05, 0) is 49.8 Å². The summed E-state index contributed by atoms with van der Waals surface area (Å²) in [5.41, 5.74) is 9.26. The minimum Gasteiger partial charge on any atom is -0.384 e. The molecule has 1 aliphatic carbocycles. The van der Waals surface area contributed by atoms with Gasteiger partial charge in [0.15, 0.2) is 0 Å². The van der Waals surface area contributed by atoms with Gasteiger partial charge in [-0.15, -0.1) is 0 Å². The Morgan fingerprint density at radius 2 is 1.92 bits per heavy atom. The van der Waals surface area contributed by atoms with Crippen LogP contribution in [0, 0.1) is 5.92 Å². The van der Waals surface area contributed by atoms with Crippen LogP contribution in [0.2, 0.25) is 0 Å². The average molecular weight is 354 g/mol. The van der Waals surface area contributed by atoms with E-state index in [9.17, 15) is 0 Å². The van der Waals surface area contributed by atoms with Gasteiger partial charge in [0, 0.05) is 24.8 Å². The predicted octanol–water partition coefficient (Wildman–Crippen LogP) is 4.06. The number of hydrogen-bond donors (Lipinski definition) is 2. The molecule has 0 bridgehead atoms. The van der Waals surface area contributed by atoms with Gasteiger partial charge in [0.25, 0.3) is 0 Å². The van der Waals surface area contributed by atoms with Crippen LogP contribution < -0.4 is 11.1 Å². The standard InChI is InChI=1S/C22H31N3O/c1-2-26-15-14-24-20-7-4-3-6-19(20)16-17-10-12-18(13-11-17)21-8-5-9-22(23)25-21/h5,8-13,19-20,24H,2-4,6-7,14-16H2,1H3,(H2,23,25). The van der Waals surface area contributed by atoms with Crippen LogP contribution in [-0.4, -0.2) is 30.8 Å². The number of pyridine rings is 1. The molecule has 0 aliphatic heterocycles. The zero-order valence-electron chi connectivity index (χ0n) is 15.8. The van der Waals surface area contributed by atoms with E-state index >= 15 is 0 Å². The van der Waals surface area contributed by atoms with Crippen molar-refractivity contribution in [3.8, 4) is 11.3 Å². The highest BCUT2D eigenvalue weighted by Crippen LogP contribution is 2.28. The zero-order valence-corrected chi connectivity index (χ0v) is 15.8. The normalized spacial score (nSPS) is 20.2. The number of hydrogen-bond acceptors (Lipinski definition) is 4. The van der Waals surface area contributed by atoms with Crippen molar-refractivity contribution >= 4 is 5.82 Å². The lowest BCUT2D eigenvalue weighted by Crippen LogP contribution is -2.41. The molecule has 1 aliphatic rings. The first-order valence-electron chi connectivity index (χ1n) is 9.89. The summed E-state index contributed by atoms with van der Waals surface area (Å²) in [6, 6.07) is 15.2. The fraction of sp³-hybridized carbons (Fsp3) is 0.500. The largest absolute Gasteiger partial charge is 0.384 e. The van der Waals surface area contributed by atoms with Crippen molar-refractivity contribution in [3.05, 3.63) is 48.0 Å². The molecule has 0 saturated heterocycles. The first-order chi connectivity index (χ1) is 12.8. The van der Waals surface area contributed by atoms with E-state index < -0.39 is 0 Å². The number of aromatic nitrogens is 1. The van der Waals surface area contributed by atoms with Gasteiger partial charge in [-0.1, -0.05) is 43.2 Å². The molecule has 4 nitrogen and oxygen atoms in total. The van der Waals surface area contributed by atoms with Crippen molar-refractivity contribution < 1.29 is 4.74 Å². The Morgan fingerprint density at radius 1 is 1.12 bits per heavy atom. The van der Waals surface area contributed by atoms with Gasteiger partial charge in [-0.25, -0.2) is 4.98 Å². The van der Waals surface area contributed by atoms with Crippen LogP contribution in [0.5, 0.6) is 0 Å². The molecule has 26 heavy (non-hydrogen) atoms. The molecule has 4 heteroatoms. The lowest BCUT2D eigenvalue weighted by atomic mass is 9.80. The van der Waals surface area contributed by atoms with E-state index in [1.165, 1.54) is 31.2 Å². The van der Waals surface area contributed by atoms with E-state index in [1.54, 1.807) is 0 Å². The summed E-state index contributed by atoms with van der Waals surface area (Å²) in [5, 5.41) is 3.72. The van der Waals surface area contributed by atoms with Crippen molar-refractivity contribution in [3.63, 3.8) is 0 Å². The highest BCUT2D eigenvalue weighted by atomic mass is 16.5. The second kappa shape index (κ2) is 9.70. The lowest BCUT2D eigenvalue weighted by molar-refractivity contribution is 0.140. The molecule has 3 N–H and O–H groups in total. The van der Waals surface area contributed by atoms with Crippen molar-refractivity contribution in [1.82, 2.24) is 10.3 Å². The van der Waals surface area contributed by atoms with Gasteiger partial charge >= 0.3 is 0 Å². The Labute approximate surface area is 157 Å². The average Bonchev–Trinajstić information content (AvgIpc) is 2.67. The van der Waals surface area contributed by atoms with E-state index in [4.69, 9.17) is 10.5 Å². The molecule has 1 fully saturated rings. The summed E-state index contributed by atoms with van der Waals surface area (Å²) in [4.78, 5) is 4.41. The molecule has 1 aromatic carbocycles. The number of nitrogens with two attached hydrogens (primary N) is 1. The topological polar surface area (TPSA) is 60.2 Å². The van der Waals surface area contributed by atoms with Crippen molar-refractivity contribution in [2.75, 3.05) is 25.5 Å². The lowest BCUT2D eigenvalue weighted by Gasteiger charge is -2.32. The molecular formula is C22H31N3O. The van der Waals surface area contributed by atoms with Gasteiger partial charge in [0.1, 0.15) is 5.82 Å². The Bertz CT molecular complexity index is 671. The molecule has 0 amide bonds. The van der Waals surface area contributed by atoms with Gasteiger partial charge in [-0.2, -0.15) is 0 Å². The second-order valence-corrected chi connectivity index (χ2v) is 7.15. The molecule has 1 heterocycles. The smallest absolute Gasteiger partial charge is 0.124 e. The van der Waals surface area contributed by atoms with Crippen LogP contribution in [0.4, 0.5) is 5.82 Å². The number of anilines is 1. The first kappa shape index (κ1) is 18.9. The van der Waals surface area contributed by atoms with Gasteiger partial charge < -0.3 is 15.8 Å². The molecule has 0 radical (unpaired) electrons. The molecule has 3 rings (SSSR count). The van der Waals surface area contributed by atoms with Crippen molar-refractivity contribution in [2.45, 2.75) is 45.1 Å². The number of ether oxygens (including phenoxy) is 1. The first-order valence-corrected chi connectivity index (χ1v) is 9.89. The van der Waals surface area contributed by atoms with Gasteiger partial charge in [-0.3, -0.25) is 0 Å². The van der Waals surface area contributed by atoms with Crippen LogP contribution in [0.3, 0.4) is 0 Å². The van der Waals surface area contributed by atoms with Crippen LogP contribution in [0.15, 0.2) is 42.5 Å². The minimum absolute atomic E-state index is 0.565. The molecule has 2 unspecified atom stereocenters. The van der Waals surface area contributed by atoms with E-state index in [1.807, 2.05) is 25.1 Å². The fourth-order valence-electron chi connectivity index (χ4n) is 3.91. The molecular weight excluding hydrogens is 322 g/mol. The van der Waals surface area contributed by atoms with Gasteiger partial charge in [0.05, 0.1) is 12.3 Å². The summed E-state index contributed by atoms with van der Waals surface area (Å²) in [5.74, 6) is 1.27. The van der Waals surface area contributed by atoms with Crippen LogP contribution in [0.1, 0.15) is 38.2 Å². The number of benzene rings is 1. The van der Waals surface area contributed by atoms with Crippen LogP contribution in [0.25, 0.3) is 11.3 Å². The molecule has 2 atom stereocenters. The summed E-state index contributed by atoms with van der Waals surface area (Å²) in [7, 11) is 0. The van der Waals surface area contributed by atoms with Crippen LogP contribution >= 0.6 is 0 Å². The third kappa shape index (κ3) is 5.29. The maximum atomic E-state index is 5.80. The second-order valence-electron chi connectivity index (χ2n) is 7.15. The Balaban J connectivity index is 1.59. The van der Waals surface area contributed by atoms with Gasteiger partial charge in [0.2, 0.25) is 0 Å². The minimum atomic E-state index is 0.565. The third-order valence-corrected chi connectivity index (χ3v) is 5.28. The van der Waals surface area contributed by atoms with E-state index in [-0.39, 0.29) is 0 Å². The third-order valence-electron chi connectivity index (χ3n) is 5.28. The maximum Gasteiger partial charge on any atom is 0.124 e. The summed E-state index contributed by atoms with van der Waals surface area (Å²) < 4.78 is 5.46. The summed E-state index contributed by atoms with van der Waals surface area (Å²) in [6.45, 7) is 4.60. The number of rotatable bonds is 8. The molecule has 1 aromatic heterocycles. The molecule has 0 spiro atoms.